The second-order valence-corrected chi connectivity index (χ2v) is 8.18. The molecular weight excluding hydrogens is 266 g/mol. The van der Waals surface area contributed by atoms with E-state index in [4.69, 9.17) is 0 Å². The summed E-state index contributed by atoms with van der Waals surface area (Å²) in [4.78, 5) is 14.8. The molecule has 110 valence electrons. The maximum absolute atomic E-state index is 12.5. The molecule has 20 heavy (non-hydrogen) atoms. The molecule has 1 fully saturated rings. The SMILES string of the molecule is Cc1ccc(C(=O)CN2CCSC(C)(C)CC2)c(C)c1. The summed E-state index contributed by atoms with van der Waals surface area (Å²) in [7, 11) is 0. The van der Waals surface area contributed by atoms with E-state index < -0.39 is 0 Å². The first-order valence-corrected chi connectivity index (χ1v) is 8.33. The maximum Gasteiger partial charge on any atom is 0.177 e. The van der Waals surface area contributed by atoms with Crippen molar-refractivity contribution in [2.24, 2.45) is 0 Å². The van der Waals surface area contributed by atoms with Gasteiger partial charge in [-0.05, 0) is 32.4 Å². The molecule has 2 rings (SSSR count). The molecular formula is C17H25NOS. The van der Waals surface area contributed by atoms with Gasteiger partial charge in [0.1, 0.15) is 0 Å². The zero-order valence-corrected chi connectivity index (χ0v) is 13.8. The standard InChI is InChI=1S/C17H25NOS/c1-13-5-6-15(14(2)11-13)16(19)12-18-8-7-17(3,4)20-10-9-18/h5-6,11H,7-10,12H2,1-4H3. The van der Waals surface area contributed by atoms with Crippen molar-refractivity contribution >= 4 is 17.5 Å². The lowest BCUT2D eigenvalue weighted by molar-refractivity contribution is 0.0933. The molecule has 1 heterocycles. The first-order chi connectivity index (χ1) is 9.37. The third-order valence-corrected chi connectivity index (χ3v) is 5.35. The minimum atomic E-state index is 0.257. The smallest absolute Gasteiger partial charge is 0.177 e. The number of rotatable bonds is 3. The molecule has 1 aromatic rings. The Labute approximate surface area is 126 Å². The van der Waals surface area contributed by atoms with Gasteiger partial charge in [-0.2, -0.15) is 11.8 Å². The van der Waals surface area contributed by atoms with E-state index in [1.54, 1.807) is 0 Å². The van der Waals surface area contributed by atoms with Crippen molar-refractivity contribution in [1.29, 1.82) is 0 Å². The van der Waals surface area contributed by atoms with Gasteiger partial charge < -0.3 is 0 Å². The summed E-state index contributed by atoms with van der Waals surface area (Å²) in [5.74, 6) is 1.37. The lowest BCUT2D eigenvalue weighted by Crippen LogP contribution is -2.32. The van der Waals surface area contributed by atoms with Crippen molar-refractivity contribution < 1.29 is 4.79 Å². The fourth-order valence-corrected chi connectivity index (χ4v) is 3.77. The lowest BCUT2D eigenvalue weighted by Gasteiger charge is -2.22. The van der Waals surface area contributed by atoms with Crippen molar-refractivity contribution in [2.45, 2.75) is 38.9 Å². The van der Waals surface area contributed by atoms with Crippen LogP contribution in [0.5, 0.6) is 0 Å². The van der Waals surface area contributed by atoms with Gasteiger partial charge in [-0.15, -0.1) is 0 Å². The van der Waals surface area contributed by atoms with Gasteiger partial charge in [-0.3, -0.25) is 9.69 Å². The number of aryl methyl sites for hydroxylation is 2. The van der Waals surface area contributed by atoms with Crippen LogP contribution in [0.1, 0.15) is 41.8 Å². The van der Waals surface area contributed by atoms with Crippen LogP contribution in [0.15, 0.2) is 18.2 Å². The predicted octanol–water partition coefficient (Wildman–Crippen LogP) is 3.70. The monoisotopic (exact) mass is 291 g/mol. The zero-order chi connectivity index (χ0) is 14.8. The summed E-state index contributed by atoms with van der Waals surface area (Å²) in [5, 5.41) is 0. The van der Waals surface area contributed by atoms with Crippen molar-refractivity contribution in [1.82, 2.24) is 4.90 Å². The minimum Gasteiger partial charge on any atom is -0.295 e. The number of hydrogen-bond donors (Lipinski definition) is 0. The summed E-state index contributed by atoms with van der Waals surface area (Å²) in [6.45, 7) is 11.3. The Morgan fingerprint density at radius 1 is 1.30 bits per heavy atom. The highest BCUT2D eigenvalue weighted by atomic mass is 32.2. The lowest BCUT2D eigenvalue weighted by atomic mass is 10.0. The fourth-order valence-electron chi connectivity index (χ4n) is 2.64. The van der Waals surface area contributed by atoms with Crippen LogP contribution in [0.2, 0.25) is 0 Å². The van der Waals surface area contributed by atoms with Crippen LogP contribution in [-0.4, -0.2) is 40.8 Å². The van der Waals surface area contributed by atoms with E-state index in [0.29, 0.717) is 11.3 Å². The number of carbonyl (C=O) groups excluding carboxylic acids is 1. The number of hydrogen-bond acceptors (Lipinski definition) is 3. The highest BCUT2D eigenvalue weighted by Gasteiger charge is 2.24. The van der Waals surface area contributed by atoms with E-state index >= 15 is 0 Å². The van der Waals surface area contributed by atoms with E-state index in [9.17, 15) is 4.79 Å². The summed E-state index contributed by atoms with van der Waals surface area (Å²) < 4.78 is 0.345. The van der Waals surface area contributed by atoms with Gasteiger partial charge in [0.05, 0.1) is 6.54 Å². The van der Waals surface area contributed by atoms with E-state index in [0.717, 1.165) is 36.4 Å². The third-order valence-electron chi connectivity index (χ3n) is 3.98. The molecule has 0 amide bonds. The Morgan fingerprint density at radius 2 is 2.05 bits per heavy atom. The molecule has 0 unspecified atom stereocenters. The molecule has 2 nitrogen and oxygen atoms in total. The van der Waals surface area contributed by atoms with Gasteiger partial charge in [0.2, 0.25) is 0 Å². The average molecular weight is 291 g/mol. The molecule has 1 saturated heterocycles. The molecule has 0 saturated carbocycles. The molecule has 0 spiro atoms. The zero-order valence-electron chi connectivity index (χ0n) is 13.0. The van der Waals surface area contributed by atoms with Crippen molar-refractivity contribution in [3.8, 4) is 0 Å². The Morgan fingerprint density at radius 3 is 2.75 bits per heavy atom. The second kappa shape index (κ2) is 6.31. The van der Waals surface area contributed by atoms with Crippen LogP contribution in [0.4, 0.5) is 0 Å². The molecule has 1 aromatic carbocycles. The van der Waals surface area contributed by atoms with Crippen molar-refractivity contribution in [3.05, 3.63) is 34.9 Å². The predicted molar refractivity (Wildman–Crippen MR) is 87.8 cm³/mol. The van der Waals surface area contributed by atoms with Crippen LogP contribution < -0.4 is 0 Å². The van der Waals surface area contributed by atoms with Gasteiger partial charge in [0, 0.05) is 22.6 Å². The third kappa shape index (κ3) is 4.10. The average Bonchev–Trinajstić information content (AvgIpc) is 2.51. The number of carbonyl (C=O) groups is 1. The maximum atomic E-state index is 12.5. The van der Waals surface area contributed by atoms with E-state index in [1.165, 1.54) is 5.56 Å². The topological polar surface area (TPSA) is 20.3 Å². The summed E-state index contributed by atoms with van der Waals surface area (Å²) in [6.07, 6.45) is 1.15. The summed E-state index contributed by atoms with van der Waals surface area (Å²) >= 11 is 2.02. The fraction of sp³-hybridized carbons (Fsp3) is 0.588. The molecule has 0 bridgehead atoms. The molecule has 3 heteroatoms. The summed E-state index contributed by atoms with van der Waals surface area (Å²) in [6, 6.07) is 6.10. The van der Waals surface area contributed by atoms with Gasteiger partial charge in [-0.25, -0.2) is 0 Å². The van der Waals surface area contributed by atoms with Crippen molar-refractivity contribution in [3.63, 3.8) is 0 Å². The number of ketones is 1. The highest BCUT2D eigenvalue weighted by Crippen LogP contribution is 2.30. The Bertz CT molecular complexity index is 496. The Kier molecular flexibility index (Phi) is 4.92. The Balaban J connectivity index is 2.01. The molecule has 0 aliphatic carbocycles. The quantitative estimate of drug-likeness (QED) is 0.792. The van der Waals surface area contributed by atoms with Crippen LogP contribution in [0, 0.1) is 13.8 Å². The van der Waals surface area contributed by atoms with Gasteiger partial charge in [0.15, 0.2) is 5.78 Å². The number of thioether (sulfide) groups is 1. The first kappa shape index (κ1) is 15.6. The molecule has 1 aliphatic heterocycles. The Hall–Kier alpha value is -0.800. The molecule has 0 atom stereocenters. The van der Waals surface area contributed by atoms with Crippen molar-refractivity contribution in [2.75, 3.05) is 25.4 Å². The van der Waals surface area contributed by atoms with Crippen LogP contribution in [0.3, 0.4) is 0 Å². The molecule has 1 aliphatic rings. The van der Waals surface area contributed by atoms with Crippen LogP contribution in [-0.2, 0) is 0 Å². The van der Waals surface area contributed by atoms with Gasteiger partial charge in [0.25, 0.3) is 0 Å². The first-order valence-electron chi connectivity index (χ1n) is 7.34. The number of nitrogens with zero attached hydrogens (tertiary/aromatic N) is 1. The van der Waals surface area contributed by atoms with Gasteiger partial charge >= 0.3 is 0 Å². The highest BCUT2D eigenvalue weighted by molar-refractivity contribution is 8.00. The second-order valence-electron chi connectivity index (χ2n) is 6.38. The molecule has 0 aromatic heterocycles. The molecule has 0 radical (unpaired) electrons. The number of benzene rings is 1. The largest absolute Gasteiger partial charge is 0.295 e. The minimum absolute atomic E-state index is 0.257. The molecule has 0 N–H and O–H groups in total. The normalized spacial score (nSPS) is 19.6. The van der Waals surface area contributed by atoms with E-state index in [2.05, 4.69) is 31.7 Å². The summed E-state index contributed by atoms with van der Waals surface area (Å²) in [5.41, 5.74) is 3.19. The van der Waals surface area contributed by atoms with E-state index in [1.807, 2.05) is 30.8 Å². The van der Waals surface area contributed by atoms with Crippen LogP contribution in [0.25, 0.3) is 0 Å². The van der Waals surface area contributed by atoms with Crippen LogP contribution >= 0.6 is 11.8 Å². The number of Topliss-reactive ketones (excluding diaryl/α,β-unsaturated/α-hetero) is 1. The van der Waals surface area contributed by atoms with E-state index in [-0.39, 0.29) is 5.78 Å². The van der Waals surface area contributed by atoms with Gasteiger partial charge in [-0.1, -0.05) is 37.6 Å².